The monoisotopic (exact) mass is 319 g/mol. The second-order valence-electron chi connectivity index (χ2n) is 6.47. The fraction of sp³-hybridized carbons (Fsp3) is 0.529. The number of nitrogens with one attached hydrogen (secondary N) is 1. The molecule has 0 fully saturated rings. The molecule has 1 aromatic rings. The number of likely N-dealkylation sites (N-methyl/N-ethyl adjacent to an activating group) is 1. The minimum Gasteiger partial charge on any atom is -0.482 e. The van der Waals surface area contributed by atoms with Gasteiger partial charge in [-0.25, -0.2) is 0 Å². The third-order valence-corrected chi connectivity index (χ3v) is 3.55. The molecule has 0 spiro atoms. The average molecular weight is 319 g/mol. The summed E-state index contributed by atoms with van der Waals surface area (Å²) in [5.74, 6) is 0.882. The predicted octanol–water partition coefficient (Wildman–Crippen LogP) is 1.96. The molecule has 23 heavy (non-hydrogen) atoms. The van der Waals surface area contributed by atoms with Crippen LogP contribution in [0.25, 0.3) is 0 Å². The van der Waals surface area contributed by atoms with Crippen LogP contribution in [0.1, 0.15) is 20.3 Å². The van der Waals surface area contributed by atoms with Gasteiger partial charge < -0.3 is 19.9 Å². The maximum Gasteiger partial charge on any atom is 0.265 e. The lowest BCUT2D eigenvalue weighted by Gasteiger charge is -2.30. The van der Waals surface area contributed by atoms with Crippen LogP contribution in [0, 0.1) is 5.92 Å². The highest BCUT2D eigenvalue weighted by Crippen LogP contribution is 2.34. The molecule has 0 aliphatic carbocycles. The van der Waals surface area contributed by atoms with E-state index in [2.05, 4.69) is 5.32 Å². The zero-order valence-electron chi connectivity index (χ0n) is 14.3. The molecule has 2 rings (SSSR count). The van der Waals surface area contributed by atoms with Gasteiger partial charge in [0.15, 0.2) is 6.61 Å². The van der Waals surface area contributed by atoms with Gasteiger partial charge in [-0.2, -0.15) is 0 Å². The summed E-state index contributed by atoms with van der Waals surface area (Å²) in [4.78, 5) is 27.8. The van der Waals surface area contributed by atoms with Crippen molar-refractivity contribution in [3.63, 3.8) is 0 Å². The molecule has 1 aliphatic heterocycles. The van der Waals surface area contributed by atoms with Crippen LogP contribution in [0.3, 0.4) is 0 Å². The number of nitrogens with zero attached hydrogens (tertiary/aromatic N) is 2. The molecular weight excluding hydrogens is 294 g/mol. The predicted molar refractivity (Wildman–Crippen MR) is 90.9 cm³/mol. The third-order valence-electron chi connectivity index (χ3n) is 3.55. The van der Waals surface area contributed by atoms with Crippen LogP contribution in [0.2, 0.25) is 0 Å². The summed E-state index contributed by atoms with van der Waals surface area (Å²) in [5.41, 5.74) is 1.40. The number of rotatable bonds is 6. The molecule has 0 radical (unpaired) electrons. The van der Waals surface area contributed by atoms with E-state index in [0.717, 1.165) is 6.54 Å². The molecule has 1 aliphatic rings. The first-order chi connectivity index (χ1) is 10.9. The van der Waals surface area contributed by atoms with Gasteiger partial charge in [-0.3, -0.25) is 9.59 Å². The van der Waals surface area contributed by atoms with Gasteiger partial charge in [-0.15, -0.1) is 0 Å². The molecule has 0 unspecified atom stereocenters. The molecule has 0 aromatic heterocycles. The van der Waals surface area contributed by atoms with E-state index in [9.17, 15) is 9.59 Å². The second kappa shape index (κ2) is 7.46. The number of fused-ring (bicyclic) bond motifs is 1. The number of anilines is 2. The Morgan fingerprint density at radius 1 is 1.39 bits per heavy atom. The molecule has 6 nitrogen and oxygen atoms in total. The van der Waals surface area contributed by atoms with Gasteiger partial charge in [0.05, 0.1) is 5.69 Å². The minimum atomic E-state index is -0.0648. The van der Waals surface area contributed by atoms with Gasteiger partial charge >= 0.3 is 0 Å². The highest BCUT2D eigenvalue weighted by atomic mass is 16.5. The summed E-state index contributed by atoms with van der Waals surface area (Å²) in [6.45, 7) is 5.41. The first-order valence-electron chi connectivity index (χ1n) is 7.88. The first-order valence-corrected chi connectivity index (χ1v) is 7.88. The maximum atomic E-state index is 12.1. The molecule has 1 heterocycles. The van der Waals surface area contributed by atoms with E-state index in [1.807, 2.05) is 32.8 Å². The molecule has 0 saturated heterocycles. The minimum absolute atomic E-state index is 0.0251. The van der Waals surface area contributed by atoms with Gasteiger partial charge in [-0.05, 0) is 38.2 Å². The fourth-order valence-corrected chi connectivity index (χ4v) is 2.41. The van der Waals surface area contributed by atoms with Gasteiger partial charge in [0, 0.05) is 25.2 Å². The third kappa shape index (κ3) is 4.69. The SMILES string of the molecule is CC(C)CC(=O)Nc1ccc2c(c1)N(CCN(C)C)C(=O)CO2. The molecule has 6 heteroatoms. The average Bonchev–Trinajstić information content (AvgIpc) is 2.45. The van der Waals surface area contributed by atoms with E-state index in [1.165, 1.54) is 0 Å². The Bertz CT molecular complexity index is 584. The van der Waals surface area contributed by atoms with E-state index in [1.54, 1.807) is 23.1 Å². The Morgan fingerprint density at radius 2 is 2.13 bits per heavy atom. The zero-order chi connectivity index (χ0) is 17.0. The highest BCUT2D eigenvalue weighted by molar-refractivity contribution is 5.99. The van der Waals surface area contributed by atoms with Crippen molar-refractivity contribution < 1.29 is 14.3 Å². The molecule has 2 amide bonds. The van der Waals surface area contributed by atoms with Crippen molar-refractivity contribution in [2.45, 2.75) is 20.3 Å². The van der Waals surface area contributed by atoms with Gasteiger partial charge in [-0.1, -0.05) is 13.8 Å². The summed E-state index contributed by atoms with van der Waals surface area (Å²) in [7, 11) is 3.93. The van der Waals surface area contributed by atoms with Crippen LogP contribution in [-0.2, 0) is 9.59 Å². The lowest BCUT2D eigenvalue weighted by molar-refractivity contribution is -0.121. The van der Waals surface area contributed by atoms with Crippen LogP contribution < -0.4 is 15.0 Å². The molecule has 1 aromatic carbocycles. The Hall–Kier alpha value is -2.08. The summed E-state index contributed by atoms with van der Waals surface area (Å²) in [6, 6.07) is 5.41. The van der Waals surface area contributed by atoms with Gasteiger partial charge in [0.2, 0.25) is 5.91 Å². The van der Waals surface area contributed by atoms with Crippen LogP contribution in [0.5, 0.6) is 5.75 Å². The molecule has 0 saturated carbocycles. The second-order valence-corrected chi connectivity index (χ2v) is 6.47. The molecule has 1 N–H and O–H groups in total. The number of benzene rings is 1. The summed E-state index contributed by atoms with van der Waals surface area (Å²) >= 11 is 0. The van der Waals surface area contributed by atoms with E-state index < -0.39 is 0 Å². The maximum absolute atomic E-state index is 12.1. The molecular formula is C17H25N3O3. The zero-order valence-corrected chi connectivity index (χ0v) is 14.3. The van der Waals surface area contributed by atoms with E-state index in [0.29, 0.717) is 36.0 Å². The smallest absolute Gasteiger partial charge is 0.265 e. The number of ether oxygens (including phenoxy) is 1. The van der Waals surface area contributed by atoms with E-state index in [-0.39, 0.29) is 18.4 Å². The summed E-state index contributed by atoms with van der Waals surface area (Å²) < 4.78 is 5.48. The van der Waals surface area contributed by atoms with Crippen LogP contribution >= 0.6 is 0 Å². The normalized spacial score (nSPS) is 14.0. The summed E-state index contributed by atoms with van der Waals surface area (Å²) in [6.07, 6.45) is 0.469. The van der Waals surface area contributed by atoms with Crippen molar-refractivity contribution in [2.75, 3.05) is 44.0 Å². The molecule has 0 bridgehead atoms. The standard InChI is InChI=1S/C17H25N3O3/c1-12(2)9-16(21)18-13-5-6-15-14(10-13)20(8-7-19(3)4)17(22)11-23-15/h5-6,10,12H,7-9,11H2,1-4H3,(H,18,21). The lowest BCUT2D eigenvalue weighted by Crippen LogP contribution is -2.42. The Kier molecular flexibility index (Phi) is 5.60. The fourth-order valence-electron chi connectivity index (χ4n) is 2.41. The lowest BCUT2D eigenvalue weighted by atomic mass is 10.1. The van der Waals surface area contributed by atoms with Crippen LogP contribution in [0.15, 0.2) is 18.2 Å². The van der Waals surface area contributed by atoms with E-state index >= 15 is 0 Å². The number of amides is 2. The Morgan fingerprint density at radius 3 is 2.78 bits per heavy atom. The van der Waals surface area contributed by atoms with Crippen LogP contribution in [0.4, 0.5) is 11.4 Å². The van der Waals surface area contributed by atoms with Crippen molar-refractivity contribution >= 4 is 23.2 Å². The quantitative estimate of drug-likeness (QED) is 0.871. The Balaban J connectivity index is 2.18. The van der Waals surface area contributed by atoms with E-state index in [4.69, 9.17) is 4.74 Å². The topological polar surface area (TPSA) is 61.9 Å². The van der Waals surface area contributed by atoms with Crippen molar-refractivity contribution in [1.29, 1.82) is 0 Å². The van der Waals surface area contributed by atoms with Crippen molar-refractivity contribution in [1.82, 2.24) is 4.90 Å². The largest absolute Gasteiger partial charge is 0.482 e. The number of carbonyl (C=O) groups is 2. The number of carbonyl (C=O) groups excluding carboxylic acids is 2. The molecule has 126 valence electrons. The molecule has 0 atom stereocenters. The van der Waals surface area contributed by atoms with Crippen molar-refractivity contribution in [3.05, 3.63) is 18.2 Å². The summed E-state index contributed by atoms with van der Waals surface area (Å²) in [5, 5.41) is 2.88. The number of hydrogen-bond donors (Lipinski definition) is 1. The van der Waals surface area contributed by atoms with Gasteiger partial charge in [0.1, 0.15) is 5.75 Å². The first kappa shape index (κ1) is 17.3. The van der Waals surface area contributed by atoms with Crippen molar-refractivity contribution in [2.24, 2.45) is 5.92 Å². The number of hydrogen-bond acceptors (Lipinski definition) is 4. The van der Waals surface area contributed by atoms with Crippen LogP contribution in [-0.4, -0.2) is 50.5 Å². The Labute approximate surface area is 137 Å². The highest BCUT2D eigenvalue weighted by Gasteiger charge is 2.25. The van der Waals surface area contributed by atoms with Gasteiger partial charge in [0.25, 0.3) is 5.91 Å². The van der Waals surface area contributed by atoms with Crippen molar-refractivity contribution in [3.8, 4) is 5.75 Å².